The molecule has 0 saturated carbocycles. The summed E-state index contributed by atoms with van der Waals surface area (Å²) in [5, 5.41) is 21.0. The van der Waals surface area contributed by atoms with Crippen molar-refractivity contribution in [3.8, 4) is 11.5 Å². The third-order valence-corrected chi connectivity index (χ3v) is 3.68. The van der Waals surface area contributed by atoms with Gasteiger partial charge in [0.2, 0.25) is 5.82 Å². The molecule has 10 nitrogen and oxygen atoms in total. The minimum Gasteiger partial charge on any atom is -0.358 e. The van der Waals surface area contributed by atoms with Crippen molar-refractivity contribution in [2.45, 2.75) is 12.5 Å². The van der Waals surface area contributed by atoms with Crippen LogP contribution < -0.4 is 5.76 Å². The van der Waals surface area contributed by atoms with Crippen LogP contribution in [0.2, 0.25) is 0 Å². The van der Waals surface area contributed by atoms with E-state index in [0.717, 1.165) is 10.1 Å². The molecule has 11 heteroatoms. The minimum atomic E-state index is -0.836. The first-order chi connectivity index (χ1) is 11.1. The summed E-state index contributed by atoms with van der Waals surface area (Å²) in [4.78, 5) is 22.0. The van der Waals surface area contributed by atoms with E-state index in [4.69, 9.17) is 0 Å². The van der Waals surface area contributed by atoms with Crippen LogP contribution in [0, 0.1) is 15.9 Å². The van der Waals surface area contributed by atoms with Gasteiger partial charge in [-0.2, -0.15) is 0 Å². The molecule has 0 radical (unpaired) electrons. The zero-order valence-electron chi connectivity index (χ0n) is 11.2. The molecule has 1 aliphatic carbocycles. The lowest BCUT2D eigenvalue weighted by Gasteiger charge is -2.30. The van der Waals surface area contributed by atoms with Gasteiger partial charge in [0.1, 0.15) is 5.82 Å². The summed E-state index contributed by atoms with van der Waals surface area (Å²) in [7, 11) is 0. The van der Waals surface area contributed by atoms with E-state index in [1.807, 2.05) is 0 Å². The van der Waals surface area contributed by atoms with Gasteiger partial charge in [-0.05, 0) is 39.8 Å². The molecule has 0 unspecified atom stereocenters. The smallest absolute Gasteiger partial charge is 0.358 e. The van der Waals surface area contributed by atoms with E-state index in [0.29, 0.717) is 12.0 Å². The quantitative estimate of drug-likeness (QED) is 0.517. The lowest BCUT2D eigenvalue weighted by Crippen LogP contribution is -2.31. The molecule has 0 spiro atoms. The van der Waals surface area contributed by atoms with Crippen LogP contribution in [0.15, 0.2) is 32.1 Å². The molecule has 3 aromatic rings. The first-order valence-corrected chi connectivity index (χ1v) is 6.40. The molecular weight excluding hydrogens is 313 g/mol. The second kappa shape index (κ2) is 4.56. The number of nitro groups is 1. The molecule has 116 valence electrons. The Balaban J connectivity index is 1.86. The van der Waals surface area contributed by atoms with Crippen molar-refractivity contribution in [2.75, 3.05) is 0 Å². The Morgan fingerprint density at radius 2 is 2.17 bits per heavy atom. The van der Waals surface area contributed by atoms with E-state index in [9.17, 15) is 19.3 Å². The van der Waals surface area contributed by atoms with Crippen LogP contribution >= 0.6 is 0 Å². The van der Waals surface area contributed by atoms with Gasteiger partial charge in [0.15, 0.2) is 5.16 Å². The van der Waals surface area contributed by atoms with Crippen LogP contribution in [0.25, 0.3) is 11.5 Å². The Hall–Kier alpha value is -3.37. The standard InChI is InChI=1S/C12H6FN5O5/c13-6-2-1-5-3-8(7(5)4-6)17-10(15-22-12(17)19)9-11(18(20)21)16-23-14-9/h1-2,4,8H,3H2/t8-/m1/s1. The number of hydrogen-bond donors (Lipinski definition) is 0. The van der Waals surface area contributed by atoms with Crippen LogP contribution in [0.4, 0.5) is 10.2 Å². The summed E-state index contributed by atoms with van der Waals surface area (Å²) in [6.07, 6.45) is 0.433. The Labute approximate surface area is 125 Å². The number of aromatic nitrogens is 4. The predicted octanol–water partition coefficient (Wildman–Crippen LogP) is 1.08. The Bertz CT molecular complexity index is 990. The molecule has 2 aromatic heterocycles. The van der Waals surface area contributed by atoms with Gasteiger partial charge in [-0.25, -0.2) is 13.8 Å². The zero-order valence-corrected chi connectivity index (χ0v) is 11.2. The summed E-state index contributed by atoms with van der Waals surface area (Å²) >= 11 is 0. The topological polar surface area (TPSA) is 130 Å². The van der Waals surface area contributed by atoms with Gasteiger partial charge in [-0.15, -0.1) is 4.63 Å². The fourth-order valence-corrected chi connectivity index (χ4v) is 2.61. The van der Waals surface area contributed by atoms with Crippen molar-refractivity contribution in [1.29, 1.82) is 0 Å². The van der Waals surface area contributed by atoms with Gasteiger partial charge in [0.05, 0.1) is 6.04 Å². The van der Waals surface area contributed by atoms with E-state index in [-0.39, 0.29) is 11.5 Å². The summed E-state index contributed by atoms with van der Waals surface area (Å²) < 4.78 is 23.4. The first kappa shape index (κ1) is 13.3. The molecule has 2 heterocycles. The van der Waals surface area contributed by atoms with Gasteiger partial charge >= 0.3 is 11.6 Å². The maximum atomic E-state index is 13.4. The average Bonchev–Trinajstić information content (AvgIpc) is 3.10. The molecule has 1 aromatic carbocycles. The van der Waals surface area contributed by atoms with Crippen molar-refractivity contribution < 1.29 is 18.5 Å². The summed E-state index contributed by atoms with van der Waals surface area (Å²) in [6.45, 7) is 0. The highest BCUT2D eigenvalue weighted by molar-refractivity contribution is 5.59. The zero-order chi connectivity index (χ0) is 16.1. The van der Waals surface area contributed by atoms with Gasteiger partial charge in [0, 0.05) is 0 Å². The number of halogens is 1. The minimum absolute atomic E-state index is 0.192. The molecule has 0 bridgehead atoms. The second-order valence-corrected chi connectivity index (χ2v) is 4.90. The lowest BCUT2D eigenvalue weighted by atomic mass is 9.83. The van der Waals surface area contributed by atoms with Crippen LogP contribution in [-0.2, 0) is 6.42 Å². The molecule has 0 fully saturated rings. The number of rotatable bonds is 3. The molecular formula is C12H6FN5O5. The van der Waals surface area contributed by atoms with Crippen LogP contribution in [0.5, 0.6) is 0 Å². The van der Waals surface area contributed by atoms with Gasteiger partial charge in [-0.1, -0.05) is 11.2 Å². The number of fused-ring (bicyclic) bond motifs is 1. The van der Waals surface area contributed by atoms with E-state index >= 15 is 0 Å². The Morgan fingerprint density at radius 1 is 1.35 bits per heavy atom. The number of hydrogen-bond acceptors (Lipinski definition) is 8. The van der Waals surface area contributed by atoms with Crippen molar-refractivity contribution in [2.24, 2.45) is 0 Å². The SMILES string of the molecule is O=c1onc(-c2nonc2[N+](=O)[O-])n1[C@@H]1Cc2ccc(F)cc21. The van der Waals surface area contributed by atoms with E-state index in [1.54, 1.807) is 6.07 Å². The van der Waals surface area contributed by atoms with E-state index in [2.05, 4.69) is 24.6 Å². The summed E-state index contributed by atoms with van der Waals surface area (Å²) in [5.74, 6) is -2.17. The molecule has 0 saturated heterocycles. The van der Waals surface area contributed by atoms with Crippen molar-refractivity contribution >= 4 is 5.82 Å². The molecule has 1 aliphatic rings. The maximum Gasteiger partial charge on any atom is 0.446 e. The highest BCUT2D eigenvalue weighted by atomic mass is 19.1. The van der Waals surface area contributed by atoms with Crippen molar-refractivity contribution in [3.05, 3.63) is 55.8 Å². The fraction of sp³-hybridized carbons (Fsp3) is 0.167. The maximum absolute atomic E-state index is 13.4. The van der Waals surface area contributed by atoms with Crippen LogP contribution in [0.1, 0.15) is 17.2 Å². The monoisotopic (exact) mass is 319 g/mol. The third kappa shape index (κ3) is 1.86. The Kier molecular flexibility index (Phi) is 2.64. The second-order valence-electron chi connectivity index (χ2n) is 4.90. The molecule has 0 N–H and O–H groups in total. The molecule has 23 heavy (non-hydrogen) atoms. The Morgan fingerprint density at radius 3 is 2.96 bits per heavy atom. The van der Waals surface area contributed by atoms with E-state index < -0.39 is 28.4 Å². The first-order valence-electron chi connectivity index (χ1n) is 6.40. The summed E-state index contributed by atoms with van der Waals surface area (Å²) in [6, 6.07) is 3.67. The van der Waals surface area contributed by atoms with Crippen molar-refractivity contribution in [3.63, 3.8) is 0 Å². The van der Waals surface area contributed by atoms with Gasteiger partial charge < -0.3 is 10.1 Å². The van der Waals surface area contributed by atoms with Crippen LogP contribution in [-0.4, -0.2) is 25.0 Å². The highest BCUT2D eigenvalue weighted by Gasteiger charge is 2.36. The van der Waals surface area contributed by atoms with Crippen LogP contribution in [0.3, 0.4) is 0 Å². The predicted molar refractivity (Wildman–Crippen MR) is 69.0 cm³/mol. The van der Waals surface area contributed by atoms with Gasteiger partial charge in [-0.3, -0.25) is 4.52 Å². The fourth-order valence-electron chi connectivity index (χ4n) is 2.61. The summed E-state index contributed by atoms with van der Waals surface area (Å²) in [5.41, 5.74) is 1.12. The molecule has 0 aliphatic heterocycles. The van der Waals surface area contributed by atoms with Crippen molar-refractivity contribution in [1.82, 2.24) is 20.0 Å². The average molecular weight is 319 g/mol. The number of nitrogens with zero attached hydrogens (tertiary/aromatic N) is 5. The number of benzene rings is 1. The normalized spacial score (nSPS) is 16.0. The third-order valence-electron chi connectivity index (χ3n) is 3.68. The lowest BCUT2D eigenvalue weighted by molar-refractivity contribution is -0.390. The highest BCUT2D eigenvalue weighted by Crippen LogP contribution is 2.38. The molecule has 0 amide bonds. The molecule has 4 rings (SSSR count). The van der Waals surface area contributed by atoms with E-state index in [1.165, 1.54) is 12.1 Å². The van der Waals surface area contributed by atoms with Gasteiger partial charge in [0.25, 0.3) is 5.69 Å². The largest absolute Gasteiger partial charge is 0.446 e. The molecule has 1 atom stereocenters.